The summed E-state index contributed by atoms with van der Waals surface area (Å²) >= 11 is 0. The predicted octanol–water partition coefficient (Wildman–Crippen LogP) is 2.40. The van der Waals surface area contributed by atoms with Crippen LogP contribution in [0.3, 0.4) is 0 Å². The largest absolute Gasteiger partial charge is 0.494 e. The topological polar surface area (TPSA) is 50.4 Å². The number of carbonyl (C=O) groups is 1. The molecule has 1 unspecified atom stereocenters. The molecule has 0 aliphatic carbocycles. The zero-order chi connectivity index (χ0) is 15.3. The van der Waals surface area contributed by atoms with Crippen LogP contribution in [0.1, 0.15) is 39.3 Å². The Morgan fingerprint density at radius 1 is 1.40 bits per heavy atom. The van der Waals surface area contributed by atoms with E-state index in [2.05, 4.69) is 10.6 Å². The summed E-state index contributed by atoms with van der Waals surface area (Å²) in [4.78, 5) is 11.7. The van der Waals surface area contributed by atoms with Crippen molar-refractivity contribution in [3.8, 4) is 5.75 Å². The Morgan fingerprint density at radius 2 is 2.05 bits per heavy atom. The van der Waals surface area contributed by atoms with E-state index in [9.17, 15) is 9.18 Å². The van der Waals surface area contributed by atoms with Crippen molar-refractivity contribution >= 4 is 5.91 Å². The Bertz CT molecular complexity index is 469. The lowest BCUT2D eigenvalue weighted by molar-refractivity contribution is -0.121. The van der Waals surface area contributed by atoms with Gasteiger partial charge in [0.1, 0.15) is 0 Å². The minimum atomic E-state index is -0.395. The second-order valence-corrected chi connectivity index (χ2v) is 5.79. The average molecular weight is 282 g/mol. The monoisotopic (exact) mass is 282 g/mol. The zero-order valence-electron chi connectivity index (χ0n) is 12.7. The first-order chi connectivity index (χ1) is 9.23. The third-order valence-corrected chi connectivity index (χ3v) is 2.76. The Hall–Kier alpha value is -1.62. The lowest BCUT2D eigenvalue weighted by atomic mass is 10.1. The summed E-state index contributed by atoms with van der Waals surface area (Å²) in [5, 5.41) is 5.97. The molecule has 0 radical (unpaired) electrons. The van der Waals surface area contributed by atoms with Gasteiger partial charge in [0.2, 0.25) is 5.91 Å². The van der Waals surface area contributed by atoms with Crippen LogP contribution < -0.4 is 15.4 Å². The second-order valence-electron chi connectivity index (χ2n) is 5.79. The molecule has 1 atom stereocenters. The van der Waals surface area contributed by atoms with Crippen LogP contribution in [0.4, 0.5) is 4.39 Å². The van der Waals surface area contributed by atoms with E-state index in [0.717, 1.165) is 5.56 Å². The number of carbonyl (C=O) groups excluding carboxylic acids is 1. The summed E-state index contributed by atoms with van der Waals surface area (Å²) in [6, 6.07) is 4.60. The van der Waals surface area contributed by atoms with Gasteiger partial charge < -0.3 is 15.4 Å². The molecule has 0 aliphatic heterocycles. The zero-order valence-corrected chi connectivity index (χ0v) is 12.7. The summed E-state index contributed by atoms with van der Waals surface area (Å²) in [5.74, 6) is -0.261. The molecular formula is C15H23FN2O2. The van der Waals surface area contributed by atoms with Gasteiger partial charge in [-0.1, -0.05) is 6.07 Å². The number of methoxy groups -OCH3 is 1. The Kier molecular flexibility index (Phi) is 5.51. The van der Waals surface area contributed by atoms with Gasteiger partial charge in [0.25, 0.3) is 0 Å². The first-order valence-corrected chi connectivity index (χ1v) is 6.61. The molecular weight excluding hydrogens is 259 g/mol. The van der Waals surface area contributed by atoms with Crippen molar-refractivity contribution in [2.75, 3.05) is 13.7 Å². The van der Waals surface area contributed by atoms with Crippen molar-refractivity contribution in [2.24, 2.45) is 0 Å². The highest BCUT2D eigenvalue weighted by molar-refractivity contribution is 5.78. The molecule has 0 fully saturated rings. The molecule has 1 rings (SSSR count). The van der Waals surface area contributed by atoms with Gasteiger partial charge in [-0.3, -0.25) is 4.79 Å². The Balaban J connectivity index is 2.59. The first kappa shape index (κ1) is 16.4. The highest BCUT2D eigenvalue weighted by Gasteiger charge is 2.15. The van der Waals surface area contributed by atoms with Crippen LogP contribution in [-0.4, -0.2) is 25.1 Å². The fourth-order valence-corrected chi connectivity index (χ4v) is 1.77. The Labute approximate surface area is 119 Å². The van der Waals surface area contributed by atoms with Crippen molar-refractivity contribution in [1.82, 2.24) is 10.6 Å². The maximum Gasteiger partial charge on any atom is 0.234 e. The molecule has 0 heterocycles. The molecule has 5 heteroatoms. The van der Waals surface area contributed by atoms with E-state index in [1.165, 1.54) is 13.2 Å². The highest BCUT2D eigenvalue weighted by Crippen LogP contribution is 2.22. The number of hydrogen-bond acceptors (Lipinski definition) is 3. The first-order valence-electron chi connectivity index (χ1n) is 6.61. The van der Waals surface area contributed by atoms with Gasteiger partial charge in [-0.25, -0.2) is 4.39 Å². The van der Waals surface area contributed by atoms with Gasteiger partial charge in [-0.05, 0) is 45.4 Å². The predicted molar refractivity (Wildman–Crippen MR) is 77.3 cm³/mol. The standard InChI is InChI=1S/C15H23FN2O2/c1-10(17-9-14(19)18-15(2,3)4)11-6-7-12(16)13(8-11)20-5/h6-8,10,17H,9H2,1-5H3,(H,18,19). The maximum absolute atomic E-state index is 13.3. The smallest absolute Gasteiger partial charge is 0.234 e. The third-order valence-electron chi connectivity index (χ3n) is 2.76. The van der Waals surface area contributed by atoms with Gasteiger partial charge in [0.15, 0.2) is 11.6 Å². The van der Waals surface area contributed by atoms with Gasteiger partial charge >= 0.3 is 0 Å². The minimum absolute atomic E-state index is 0.0709. The number of hydrogen-bond donors (Lipinski definition) is 2. The number of rotatable bonds is 5. The van der Waals surface area contributed by atoms with E-state index >= 15 is 0 Å². The molecule has 0 spiro atoms. The SMILES string of the molecule is COc1cc(C(C)NCC(=O)NC(C)(C)C)ccc1F. The lowest BCUT2D eigenvalue weighted by Crippen LogP contribution is -2.45. The molecule has 0 bridgehead atoms. The molecule has 0 saturated carbocycles. The van der Waals surface area contributed by atoms with Crippen LogP contribution in [-0.2, 0) is 4.79 Å². The molecule has 0 aliphatic rings. The van der Waals surface area contributed by atoms with Crippen LogP contribution in [0.2, 0.25) is 0 Å². The van der Waals surface area contributed by atoms with Crippen LogP contribution in [0.25, 0.3) is 0 Å². The molecule has 112 valence electrons. The quantitative estimate of drug-likeness (QED) is 0.872. The summed E-state index contributed by atoms with van der Waals surface area (Å²) in [7, 11) is 1.43. The van der Waals surface area contributed by atoms with E-state index in [4.69, 9.17) is 4.74 Å². The molecule has 0 aromatic heterocycles. The summed E-state index contributed by atoms with van der Waals surface area (Å²) in [6.45, 7) is 7.91. The van der Waals surface area contributed by atoms with Crippen molar-refractivity contribution in [3.05, 3.63) is 29.6 Å². The van der Waals surface area contributed by atoms with E-state index < -0.39 is 5.82 Å². The molecule has 2 N–H and O–H groups in total. The molecule has 0 saturated heterocycles. The number of amides is 1. The van der Waals surface area contributed by atoms with Gasteiger partial charge in [-0.2, -0.15) is 0 Å². The number of halogens is 1. The number of benzene rings is 1. The number of nitrogens with one attached hydrogen (secondary N) is 2. The fraction of sp³-hybridized carbons (Fsp3) is 0.533. The van der Waals surface area contributed by atoms with Crippen molar-refractivity contribution in [3.63, 3.8) is 0 Å². The molecule has 1 aromatic carbocycles. The molecule has 20 heavy (non-hydrogen) atoms. The van der Waals surface area contributed by atoms with E-state index in [-0.39, 0.29) is 29.8 Å². The molecule has 1 aromatic rings. The van der Waals surface area contributed by atoms with Crippen molar-refractivity contribution in [1.29, 1.82) is 0 Å². The minimum Gasteiger partial charge on any atom is -0.494 e. The van der Waals surface area contributed by atoms with Crippen LogP contribution in [0, 0.1) is 5.82 Å². The van der Waals surface area contributed by atoms with Crippen LogP contribution in [0.15, 0.2) is 18.2 Å². The van der Waals surface area contributed by atoms with Crippen molar-refractivity contribution in [2.45, 2.75) is 39.3 Å². The van der Waals surface area contributed by atoms with E-state index in [0.29, 0.717) is 0 Å². The molecule has 4 nitrogen and oxygen atoms in total. The lowest BCUT2D eigenvalue weighted by Gasteiger charge is -2.22. The summed E-state index contributed by atoms with van der Waals surface area (Å²) in [6.07, 6.45) is 0. The van der Waals surface area contributed by atoms with Crippen LogP contribution >= 0.6 is 0 Å². The normalized spacial score (nSPS) is 12.9. The van der Waals surface area contributed by atoms with E-state index in [1.807, 2.05) is 27.7 Å². The average Bonchev–Trinajstić information content (AvgIpc) is 2.34. The number of ether oxygens (including phenoxy) is 1. The summed E-state index contributed by atoms with van der Waals surface area (Å²) in [5.41, 5.74) is 0.619. The summed E-state index contributed by atoms with van der Waals surface area (Å²) < 4.78 is 18.3. The second kappa shape index (κ2) is 6.70. The van der Waals surface area contributed by atoms with Gasteiger partial charge in [0.05, 0.1) is 13.7 Å². The maximum atomic E-state index is 13.3. The van der Waals surface area contributed by atoms with E-state index in [1.54, 1.807) is 12.1 Å². The van der Waals surface area contributed by atoms with Gasteiger partial charge in [0, 0.05) is 11.6 Å². The third kappa shape index (κ3) is 5.17. The highest BCUT2D eigenvalue weighted by atomic mass is 19.1. The Morgan fingerprint density at radius 3 is 2.60 bits per heavy atom. The molecule has 1 amide bonds. The van der Waals surface area contributed by atoms with Crippen LogP contribution in [0.5, 0.6) is 5.75 Å². The fourth-order valence-electron chi connectivity index (χ4n) is 1.77. The van der Waals surface area contributed by atoms with Crippen molar-refractivity contribution < 1.29 is 13.9 Å². The van der Waals surface area contributed by atoms with Gasteiger partial charge in [-0.15, -0.1) is 0 Å².